The van der Waals surface area contributed by atoms with E-state index < -0.39 is 0 Å². The molecule has 3 nitrogen and oxygen atoms in total. The third kappa shape index (κ3) is 6.81. The summed E-state index contributed by atoms with van der Waals surface area (Å²) in [5.74, 6) is 0.481. The van der Waals surface area contributed by atoms with Gasteiger partial charge in [0.25, 0.3) is 0 Å². The number of carbonyl (C=O) groups is 1. The van der Waals surface area contributed by atoms with Gasteiger partial charge in [0.05, 0.1) is 13.2 Å². The van der Waals surface area contributed by atoms with E-state index in [1.54, 1.807) is 0 Å². The lowest BCUT2D eigenvalue weighted by Gasteiger charge is -2.42. The molecule has 3 heteroatoms. The molecule has 0 aliphatic heterocycles. The van der Waals surface area contributed by atoms with Gasteiger partial charge in [0, 0.05) is 11.6 Å². The molecule has 1 aliphatic carbocycles. The Morgan fingerprint density at radius 1 is 0.917 bits per heavy atom. The van der Waals surface area contributed by atoms with Crippen LogP contribution in [0.3, 0.4) is 0 Å². The van der Waals surface area contributed by atoms with Gasteiger partial charge in [-0.3, -0.25) is 0 Å². The Morgan fingerprint density at radius 3 is 2.25 bits per heavy atom. The van der Waals surface area contributed by atoms with Gasteiger partial charge >= 0.3 is 5.97 Å². The molecule has 2 aromatic rings. The number of hydrogen-bond acceptors (Lipinski definition) is 3. The van der Waals surface area contributed by atoms with Crippen LogP contribution in [0.25, 0.3) is 17.2 Å². The molecule has 3 rings (SSSR count). The van der Waals surface area contributed by atoms with Gasteiger partial charge in [-0.25, -0.2) is 4.79 Å². The van der Waals surface area contributed by atoms with Crippen LogP contribution < -0.4 is 4.74 Å². The molecule has 0 amide bonds. The summed E-state index contributed by atoms with van der Waals surface area (Å²) >= 11 is 0. The summed E-state index contributed by atoms with van der Waals surface area (Å²) in [6.07, 6.45) is 11.7. The first-order chi connectivity index (χ1) is 17.1. The van der Waals surface area contributed by atoms with Gasteiger partial charge in [0.2, 0.25) is 0 Å². The zero-order chi connectivity index (χ0) is 26.3. The molecule has 0 fully saturated rings. The standard InChI is InChI=1S/C33H46O3/c1-8-10-11-12-13-20-36-30-16-14-25(22-26(30)15-17-31(34)35-9-2)27-23-29-28(21-24(27)3)32(4,5)18-19-33(29,6)7/h14-17,21-23H,8-13,18-20H2,1-7H3. The largest absolute Gasteiger partial charge is 0.493 e. The Balaban J connectivity index is 1.96. The van der Waals surface area contributed by atoms with Crippen LogP contribution in [0.2, 0.25) is 0 Å². The van der Waals surface area contributed by atoms with E-state index in [1.807, 2.05) is 13.0 Å². The maximum Gasteiger partial charge on any atom is 0.330 e. The van der Waals surface area contributed by atoms with Crippen molar-refractivity contribution in [1.82, 2.24) is 0 Å². The lowest BCUT2D eigenvalue weighted by molar-refractivity contribution is -0.137. The van der Waals surface area contributed by atoms with E-state index in [9.17, 15) is 4.79 Å². The highest BCUT2D eigenvalue weighted by Gasteiger charge is 2.37. The van der Waals surface area contributed by atoms with Crippen molar-refractivity contribution in [2.45, 2.75) is 104 Å². The highest BCUT2D eigenvalue weighted by molar-refractivity contribution is 5.88. The molecule has 0 heterocycles. The van der Waals surface area contributed by atoms with E-state index in [-0.39, 0.29) is 16.8 Å². The number of hydrogen-bond donors (Lipinski definition) is 0. The average molecular weight is 491 g/mol. The van der Waals surface area contributed by atoms with Crippen molar-refractivity contribution >= 4 is 12.0 Å². The molecule has 0 atom stereocenters. The van der Waals surface area contributed by atoms with Crippen LogP contribution in [0.15, 0.2) is 36.4 Å². The van der Waals surface area contributed by atoms with Gasteiger partial charge in [-0.05, 0) is 90.0 Å². The van der Waals surface area contributed by atoms with E-state index in [1.165, 1.54) is 66.9 Å². The molecule has 0 N–H and O–H groups in total. The van der Waals surface area contributed by atoms with Gasteiger partial charge in [0.1, 0.15) is 5.75 Å². The predicted octanol–water partition coefficient (Wildman–Crippen LogP) is 8.94. The highest BCUT2D eigenvalue weighted by atomic mass is 16.5. The molecule has 0 spiro atoms. The average Bonchev–Trinajstić information content (AvgIpc) is 2.83. The van der Waals surface area contributed by atoms with Crippen LogP contribution >= 0.6 is 0 Å². The zero-order valence-corrected chi connectivity index (χ0v) is 23.6. The normalized spacial score (nSPS) is 16.1. The lowest BCUT2D eigenvalue weighted by atomic mass is 9.62. The maximum absolute atomic E-state index is 12.0. The smallest absolute Gasteiger partial charge is 0.330 e. The number of fused-ring (bicyclic) bond motifs is 1. The molecule has 0 radical (unpaired) electrons. The fraction of sp³-hybridized carbons (Fsp3) is 0.545. The Morgan fingerprint density at radius 2 is 1.58 bits per heavy atom. The third-order valence-corrected chi connectivity index (χ3v) is 7.71. The number of unbranched alkanes of at least 4 members (excludes halogenated alkanes) is 4. The number of benzene rings is 2. The second-order valence-electron chi connectivity index (χ2n) is 11.6. The van der Waals surface area contributed by atoms with E-state index in [4.69, 9.17) is 9.47 Å². The summed E-state index contributed by atoms with van der Waals surface area (Å²) < 4.78 is 11.3. The molecule has 2 aromatic carbocycles. The summed E-state index contributed by atoms with van der Waals surface area (Å²) in [6.45, 7) is 16.8. The number of esters is 1. The maximum atomic E-state index is 12.0. The fourth-order valence-corrected chi connectivity index (χ4v) is 5.25. The van der Waals surface area contributed by atoms with Crippen LogP contribution in [0.1, 0.15) is 109 Å². The van der Waals surface area contributed by atoms with Crippen LogP contribution in [0.5, 0.6) is 5.75 Å². The van der Waals surface area contributed by atoms with E-state index >= 15 is 0 Å². The molecule has 0 saturated carbocycles. The van der Waals surface area contributed by atoms with Crippen molar-refractivity contribution in [3.63, 3.8) is 0 Å². The number of rotatable bonds is 11. The predicted molar refractivity (Wildman–Crippen MR) is 152 cm³/mol. The Bertz CT molecular complexity index is 1070. The van der Waals surface area contributed by atoms with Gasteiger partial charge in [-0.2, -0.15) is 0 Å². The van der Waals surface area contributed by atoms with Gasteiger partial charge < -0.3 is 9.47 Å². The van der Waals surface area contributed by atoms with Gasteiger partial charge in [-0.15, -0.1) is 0 Å². The summed E-state index contributed by atoms with van der Waals surface area (Å²) in [7, 11) is 0. The Hall–Kier alpha value is -2.55. The van der Waals surface area contributed by atoms with Crippen molar-refractivity contribution in [3.05, 3.63) is 58.7 Å². The monoisotopic (exact) mass is 490 g/mol. The highest BCUT2D eigenvalue weighted by Crippen LogP contribution is 2.47. The van der Waals surface area contributed by atoms with E-state index in [0.717, 1.165) is 23.3 Å². The van der Waals surface area contributed by atoms with Gasteiger partial charge in [-0.1, -0.05) is 78.5 Å². The number of aryl methyl sites for hydroxylation is 1. The molecule has 0 unspecified atom stereocenters. The molecule has 0 bridgehead atoms. The number of carbonyl (C=O) groups excluding carboxylic acids is 1. The van der Waals surface area contributed by atoms with Crippen LogP contribution in [0.4, 0.5) is 0 Å². The minimum atomic E-state index is -0.331. The van der Waals surface area contributed by atoms with Crippen LogP contribution in [-0.2, 0) is 20.4 Å². The first kappa shape index (κ1) is 28.0. The minimum Gasteiger partial charge on any atom is -0.493 e. The summed E-state index contributed by atoms with van der Waals surface area (Å²) in [6, 6.07) is 11.2. The van der Waals surface area contributed by atoms with Gasteiger partial charge in [0.15, 0.2) is 0 Å². The number of ether oxygens (including phenoxy) is 2. The molecule has 0 aromatic heterocycles. The zero-order valence-electron chi connectivity index (χ0n) is 23.6. The van der Waals surface area contributed by atoms with Crippen molar-refractivity contribution in [1.29, 1.82) is 0 Å². The second-order valence-corrected chi connectivity index (χ2v) is 11.6. The van der Waals surface area contributed by atoms with Crippen molar-refractivity contribution in [2.75, 3.05) is 13.2 Å². The molecular formula is C33H46O3. The molecule has 0 saturated heterocycles. The SMILES string of the molecule is CCCCCCCOc1ccc(-c2cc3c(cc2C)C(C)(C)CCC3(C)C)cc1C=CC(=O)OCC. The molecule has 36 heavy (non-hydrogen) atoms. The topological polar surface area (TPSA) is 35.5 Å². The van der Waals surface area contributed by atoms with E-state index in [0.29, 0.717) is 13.2 Å². The third-order valence-electron chi connectivity index (χ3n) is 7.71. The molecular weight excluding hydrogens is 444 g/mol. The van der Waals surface area contributed by atoms with Crippen LogP contribution in [-0.4, -0.2) is 19.2 Å². The summed E-state index contributed by atoms with van der Waals surface area (Å²) in [4.78, 5) is 12.0. The molecule has 1 aliphatic rings. The van der Waals surface area contributed by atoms with Crippen LogP contribution in [0, 0.1) is 6.92 Å². The Kier molecular flexibility index (Phi) is 9.44. The van der Waals surface area contributed by atoms with Crippen molar-refractivity contribution in [2.24, 2.45) is 0 Å². The quantitative estimate of drug-likeness (QED) is 0.179. The second kappa shape index (κ2) is 12.1. The first-order valence-corrected chi connectivity index (χ1v) is 13.9. The summed E-state index contributed by atoms with van der Waals surface area (Å²) in [5.41, 5.74) is 7.86. The molecule has 196 valence electrons. The summed E-state index contributed by atoms with van der Waals surface area (Å²) in [5, 5.41) is 0. The Labute approximate surface area is 219 Å². The van der Waals surface area contributed by atoms with E-state index in [2.05, 4.69) is 71.9 Å². The van der Waals surface area contributed by atoms with Crippen molar-refractivity contribution in [3.8, 4) is 16.9 Å². The first-order valence-electron chi connectivity index (χ1n) is 13.9. The minimum absolute atomic E-state index is 0.154. The lowest BCUT2D eigenvalue weighted by Crippen LogP contribution is -2.34. The fourth-order valence-electron chi connectivity index (χ4n) is 5.25. The van der Waals surface area contributed by atoms with Crippen molar-refractivity contribution < 1.29 is 14.3 Å².